The van der Waals surface area contributed by atoms with E-state index in [0.717, 1.165) is 42.4 Å². The van der Waals surface area contributed by atoms with Gasteiger partial charge in [0.2, 0.25) is 18.1 Å². The lowest BCUT2D eigenvalue weighted by Crippen LogP contribution is -2.33. The summed E-state index contributed by atoms with van der Waals surface area (Å²) in [6.07, 6.45) is 2.83. The minimum Gasteiger partial charge on any atom is -0.352 e. The van der Waals surface area contributed by atoms with Gasteiger partial charge in [0, 0.05) is 24.0 Å². The van der Waals surface area contributed by atoms with E-state index in [9.17, 15) is 4.79 Å². The highest BCUT2D eigenvalue weighted by Gasteiger charge is 2.25. The van der Waals surface area contributed by atoms with E-state index >= 15 is 0 Å². The maximum atomic E-state index is 10.9. The molecule has 1 saturated heterocycles. The lowest BCUT2D eigenvalue weighted by atomic mass is 9.98. The lowest BCUT2D eigenvalue weighted by Gasteiger charge is -2.27. The number of nitrogens with one attached hydrogen (secondary N) is 1. The number of benzene rings is 1. The molecule has 3 aromatic rings. The Morgan fingerprint density at radius 3 is 3.14 bits per heavy atom. The third-order valence-corrected chi connectivity index (χ3v) is 4.16. The summed E-state index contributed by atoms with van der Waals surface area (Å²) >= 11 is 0. The third kappa shape index (κ3) is 2.26. The number of hydrogen-bond acceptors (Lipinski definition) is 4. The number of rotatable bonds is 3. The van der Waals surface area contributed by atoms with E-state index in [1.807, 2.05) is 30.3 Å². The Hall–Kier alpha value is -2.63. The van der Waals surface area contributed by atoms with Crippen LogP contribution in [-0.2, 0) is 4.79 Å². The Morgan fingerprint density at radius 1 is 1.36 bits per heavy atom. The molecule has 1 atom stereocenters. The molecule has 4 rings (SSSR count). The number of nitrogens with zero attached hydrogens (tertiary/aromatic N) is 3. The number of fused-ring (bicyclic) bond motifs is 1. The molecule has 2 aromatic heterocycles. The molecule has 1 N–H and O–H groups in total. The van der Waals surface area contributed by atoms with Gasteiger partial charge < -0.3 is 14.4 Å². The molecule has 22 heavy (non-hydrogen) atoms. The van der Waals surface area contributed by atoms with Crippen molar-refractivity contribution in [3.63, 3.8) is 0 Å². The Balaban J connectivity index is 1.62. The van der Waals surface area contributed by atoms with Gasteiger partial charge in [0.05, 0.1) is 11.6 Å². The second-order valence-corrected chi connectivity index (χ2v) is 5.67. The molecule has 112 valence electrons. The fourth-order valence-corrected chi connectivity index (χ4v) is 3.01. The summed E-state index contributed by atoms with van der Waals surface area (Å²) in [6, 6.07) is 10.1. The van der Waals surface area contributed by atoms with Crippen LogP contribution in [0.25, 0.3) is 22.4 Å². The number of H-pyrrole nitrogens is 1. The van der Waals surface area contributed by atoms with Gasteiger partial charge in [0.1, 0.15) is 0 Å². The highest BCUT2D eigenvalue weighted by Crippen LogP contribution is 2.28. The molecule has 1 fully saturated rings. The SMILES string of the molecule is O=CN1CCC[C@H](c2nc(-c3cc4ccccc4[nH]3)no2)C1. The predicted octanol–water partition coefficient (Wildman–Crippen LogP) is 2.55. The summed E-state index contributed by atoms with van der Waals surface area (Å²) in [7, 11) is 0. The van der Waals surface area contributed by atoms with Crippen molar-refractivity contribution in [2.45, 2.75) is 18.8 Å². The predicted molar refractivity (Wildman–Crippen MR) is 81.2 cm³/mol. The van der Waals surface area contributed by atoms with Crippen molar-refractivity contribution in [3.05, 3.63) is 36.2 Å². The molecule has 1 amide bonds. The number of aromatic nitrogens is 3. The van der Waals surface area contributed by atoms with Crippen LogP contribution in [0.5, 0.6) is 0 Å². The summed E-state index contributed by atoms with van der Waals surface area (Å²) in [6.45, 7) is 1.46. The van der Waals surface area contributed by atoms with Gasteiger partial charge >= 0.3 is 0 Å². The maximum absolute atomic E-state index is 10.9. The molecule has 1 aromatic carbocycles. The second kappa shape index (κ2) is 5.29. The Bertz CT molecular complexity index is 774. The molecular weight excluding hydrogens is 280 g/mol. The van der Waals surface area contributed by atoms with Crippen molar-refractivity contribution in [2.24, 2.45) is 0 Å². The topological polar surface area (TPSA) is 75.0 Å². The first-order chi connectivity index (χ1) is 10.8. The molecular formula is C16H16N4O2. The van der Waals surface area contributed by atoms with Crippen LogP contribution in [0.15, 0.2) is 34.9 Å². The zero-order valence-corrected chi connectivity index (χ0v) is 12.0. The number of aromatic amines is 1. The van der Waals surface area contributed by atoms with Gasteiger partial charge in [0.25, 0.3) is 0 Å². The van der Waals surface area contributed by atoms with Gasteiger partial charge in [-0.1, -0.05) is 23.4 Å². The number of amides is 1. The number of hydrogen-bond donors (Lipinski definition) is 1. The first-order valence-electron chi connectivity index (χ1n) is 7.44. The number of piperidine rings is 1. The van der Waals surface area contributed by atoms with Crippen LogP contribution >= 0.6 is 0 Å². The van der Waals surface area contributed by atoms with Gasteiger partial charge in [-0.25, -0.2) is 0 Å². The van der Waals surface area contributed by atoms with Crippen molar-refractivity contribution < 1.29 is 9.32 Å². The van der Waals surface area contributed by atoms with E-state index in [0.29, 0.717) is 18.3 Å². The number of likely N-dealkylation sites (tertiary alicyclic amines) is 1. The average molecular weight is 296 g/mol. The summed E-state index contributed by atoms with van der Waals surface area (Å²) in [5.41, 5.74) is 1.90. The average Bonchev–Trinajstić information content (AvgIpc) is 3.21. The van der Waals surface area contributed by atoms with E-state index in [-0.39, 0.29) is 5.92 Å². The summed E-state index contributed by atoms with van der Waals surface area (Å²) in [5, 5.41) is 5.20. The smallest absolute Gasteiger partial charge is 0.231 e. The Labute approximate surface area is 127 Å². The zero-order valence-electron chi connectivity index (χ0n) is 12.0. The molecule has 1 aliphatic rings. The van der Waals surface area contributed by atoms with Crippen molar-refractivity contribution in [3.8, 4) is 11.5 Å². The van der Waals surface area contributed by atoms with Crippen LogP contribution in [0, 0.1) is 0 Å². The molecule has 1 aliphatic heterocycles. The largest absolute Gasteiger partial charge is 0.352 e. The fraction of sp³-hybridized carbons (Fsp3) is 0.312. The minimum absolute atomic E-state index is 0.129. The second-order valence-electron chi connectivity index (χ2n) is 5.67. The molecule has 0 spiro atoms. The van der Waals surface area contributed by atoms with E-state index in [1.54, 1.807) is 4.90 Å². The molecule has 3 heterocycles. The maximum Gasteiger partial charge on any atom is 0.231 e. The first kappa shape index (κ1) is 13.1. The number of para-hydroxylation sites is 1. The van der Waals surface area contributed by atoms with Crippen molar-refractivity contribution in [2.75, 3.05) is 13.1 Å². The van der Waals surface area contributed by atoms with E-state index in [1.165, 1.54) is 0 Å². The van der Waals surface area contributed by atoms with Gasteiger partial charge in [0.15, 0.2) is 0 Å². The van der Waals surface area contributed by atoms with E-state index in [4.69, 9.17) is 4.52 Å². The monoisotopic (exact) mass is 296 g/mol. The Morgan fingerprint density at radius 2 is 2.27 bits per heavy atom. The van der Waals surface area contributed by atoms with Gasteiger partial charge in [-0.05, 0) is 25.0 Å². The number of carbonyl (C=O) groups excluding carboxylic acids is 1. The molecule has 0 saturated carbocycles. The van der Waals surface area contributed by atoms with Gasteiger partial charge in [-0.2, -0.15) is 4.98 Å². The van der Waals surface area contributed by atoms with E-state index < -0.39 is 0 Å². The summed E-state index contributed by atoms with van der Waals surface area (Å²) in [5.74, 6) is 1.30. The summed E-state index contributed by atoms with van der Waals surface area (Å²) < 4.78 is 5.42. The van der Waals surface area contributed by atoms with Gasteiger partial charge in [-0.3, -0.25) is 4.79 Å². The summed E-state index contributed by atoms with van der Waals surface area (Å²) in [4.78, 5) is 20.5. The Kier molecular flexibility index (Phi) is 3.14. The van der Waals surface area contributed by atoms with Crippen molar-refractivity contribution in [1.29, 1.82) is 0 Å². The standard InChI is InChI=1S/C16H16N4O2/c21-10-20-7-3-5-12(9-20)16-18-15(19-22-16)14-8-11-4-1-2-6-13(11)17-14/h1-2,4,6,8,10,12,17H,3,5,7,9H2/t12-/m0/s1. The van der Waals surface area contributed by atoms with Crippen molar-refractivity contribution >= 4 is 17.3 Å². The van der Waals surface area contributed by atoms with Crippen LogP contribution in [0.2, 0.25) is 0 Å². The first-order valence-corrected chi connectivity index (χ1v) is 7.44. The highest BCUT2D eigenvalue weighted by molar-refractivity contribution is 5.84. The van der Waals surface area contributed by atoms with Gasteiger partial charge in [-0.15, -0.1) is 0 Å². The van der Waals surface area contributed by atoms with Crippen LogP contribution in [-0.4, -0.2) is 39.5 Å². The minimum atomic E-state index is 0.129. The molecule has 0 unspecified atom stereocenters. The zero-order chi connectivity index (χ0) is 14.9. The normalized spacial score (nSPS) is 18.7. The number of carbonyl (C=O) groups is 1. The lowest BCUT2D eigenvalue weighted by molar-refractivity contribution is -0.119. The van der Waals surface area contributed by atoms with E-state index in [2.05, 4.69) is 15.1 Å². The van der Waals surface area contributed by atoms with Crippen LogP contribution in [0.1, 0.15) is 24.7 Å². The fourth-order valence-electron chi connectivity index (χ4n) is 3.01. The van der Waals surface area contributed by atoms with Crippen LogP contribution in [0.3, 0.4) is 0 Å². The quantitative estimate of drug-likeness (QED) is 0.754. The molecule has 0 aliphatic carbocycles. The molecule has 0 radical (unpaired) electrons. The molecule has 6 heteroatoms. The van der Waals surface area contributed by atoms with Crippen LogP contribution < -0.4 is 0 Å². The highest BCUT2D eigenvalue weighted by atomic mass is 16.5. The van der Waals surface area contributed by atoms with Crippen LogP contribution in [0.4, 0.5) is 0 Å². The molecule has 6 nitrogen and oxygen atoms in total. The third-order valence-electron chi connectivity index (χ3n) is 4.16. The molecule has 0 bridgehead atoms. The van der Waals surface area contributed by atoms with Crippen molar-refractivity contribution in [1.82, 2.24) is 20.0 Å².